The zero-order chi connectivity index (χ0) is 15.5. The molecule has 1 heterocycles. The van der Waals surface area contributed by atoms with Gasteiger partial charge in [0.05, 0.1) is 10.9 Å². The number of hydrogen-bond donors (Lipinski definition) is 3. The molecule has 0 bridgehead atoms. The molecule has 1 aliphatic rings. The van der Waals surface area contributed by atoms with Gasteiger partial charge < -0.3 is 15.7 Å². The van der Waals surface area contributed by atoms with Crippen molar-refractivity contribution >= 4 is 21.5 Å². The number of amidine groups is 1. The summed E-state index contributed by atoms with van der Waals surface area (Å²) < 4.78 is 32.5. The van der Waals surface area contributed by atoms with Gasteiger partial charge in [0.1, 0.15) is 0 Å². The number of hydrogen-bond acceptors (Lipinski definition) is 5. The number of sulfonamides is 1. The van der Waals surface area contributed by atoms with E-state index in [-0.39, 0.29) is 5.84 Å². The zero-order valence-electron chi connectivity index (χ0n) is 11.7. The van der Waals surface area contributed by atoms with Gasteiger partial charge in [0, 0.05) is 18.8 Å². The summed E-state index contributed by atoms with van der Waals surface area (Å²) in [6.45, 7) is 2.70. The smallest absolute Gasteiger partial charge is 0.235 e. The minimum absolute atomic E-state index is 0.0680. The lowest BCUT2D eigenvalue weighted by molar-refractivity contribution is 0.0984. The fraction of sp³-hybridized carbons (Fsp3) is 0.462. The highest BCUT2D eigenvalue weighted by Gasteiger charge is 2.28. The Morgan fingerprint density at radius 1 is 1.43 bits per heavy atom. The Kier molecular flexibility index (Phi) is 4.69. The summed E-state index contributed by atoms with van der Waals surface area (Å²) in [6, 6.07) is 4.94. The van der Waals surface area contributed by atoms with Crippen molar-refractivity contribution in [2.45, 2.75) is 25.0 Å². The molecule has 0 aromatic heterocycles. The minimum atomic E-state index is -3.48. The topological polar surface area (TPSA) is 114 Å². The van der Waals surface area contributed by atoms with E-state index in [2.05, 4.69) is 9.88 Å². The number of nitrogens with one attached hydrogen (secondary N) is 1. The summed E-state index contributed by atoms with van der Waals surface area (Å²) in [7, 11) is -3.48. The molecule has 7 nitrogen and oxygen atoms in total. The molecule has 1 aliphatic heterocycles. The molecule has 1 fully saturated rings. The van der Waals surface area contributed by atoms with Crippen LogP contribution in [0.1, 0.15) is 24.0 Å². The van der Waals surface area contributed by atoms with E-state index < -0.39 is 15.3 Å². The zero-order valence-corrected chi connectivity index (χ0v) is 12.6. The Balaban J connectivity index is 2.25. The predicted octanol–water partition coefficient (Wildman–Crippen LogP) is 1.01. The average molecular weight is 313 g/mol. The van der Waals surface area contributed by atoms with Gasteiger partial charge in [0.25, 0.3) is 0 Å². The maximum absolute atomic E-state index is 12.4. The number of nitrogens with zero attached hydrogens (tertiary/aromatic N) is 1. The monoisotopic (exact) mass is 313 g/mol. The van der Waals surface area contributed by atoms with Crippen LogP contribution in [-0.4, -0.2) is 37.9 Å². The minimum Gasteiger partial charge on any atom is -0.409 e. The first kappa shape index (κ1) is 15.6. The molecule has 1 aromatic rings. The van der Waals surface area contributed by atoms with E-state index in [1.54, 1.807) is 25.1 Å². The third kappa shape index (κ3) is 3.64. The standard InChI is InChI=1S/C13H19N3O4S/c1-9-2-3-10(13(14)15-17)8-12(9)16-21(18,19)11-4-6-20-7-5-11/h2-3,8,11,16-17H,4-7H2,1H3,(H2,14,15). The first-order valence-corrected chi connectivity index (χ1v) is 8.16. The molecule has 0 unspecified atom stereocenters. The van der Waals surface area contributed by atoms with Crippen LogP contribution >= 0.6 is 0 Å². The van der Waals surface area contributed by atoms with Gasteiger partial charge >= 0.3 is 0 Å². The molecule has 0 atom stereocenters. The second kappa shape index (κ2) is 6.31. The number of oxime groups is 1. The van der Waals surface area contributed by atoms with Crippen molar-refractivity contribution in [3.8, 4) is 0 Å². The lowest BCUT2D eigenvalue weighted by Gasteiger charge is -2.23. The van der Waals surface area contributed by atoms with Crippen molar-refractivity contribution < 1.29 is 18.4 Å². The van der Waals surface area contributed by atoms with Crippen LogP contribution in [0, 0.1) is 6.92 Å². The molecule has 0 radical (unpaired) electrons. The molecule has 0 saturated carbocycles. The highest BCUT2D eigenvalue weighted by Crippen LogP contribution is 2.23. The summed E-state index contributed by atoms with van der Waals surface area (Å²) in [5.74, 6) is -0.0680. The molecule has 116 valence electrons. The van der Waals surface area contributed by atoms with Crippen LogP contribution < -0.4 is 10.5 Å². The lowest BCUT2D eigenvalue weighted by atomic mass is 10.1. The molecule has 8 heteroatoms. The number of benzene rings is 1. The van der Waals surface area contributed by atoms with E-state index in [1.807, 2.05) is 0 Å². The number of aryl methyl sites for hydroxylation is 1. The van der Waals surface area contributed by atoms with Gasteiger partial charge in [-0.15, -0.1) is 0 Å². The SMILES string of the molecule is Cc1ccc(C(N)=NO)cc1NS(=O)(=O)C1CCOCC1. The number of anilines is 1. The van der Waals surface area contributed by atoms with Crippen molar-refractivity contribution in [2.24, 2.45) is 10.9 Å². The van der Waals surface area contributed by atoms with E-state index in [9.17, 15) is 8.42 Å². The number of rotatable bonds is 4. The van der Waals surface area contributed by atoms with Gasteiger partial charge in [0.15, 0.2) is 5.84 Å². The van der Waals surface area contributed by atoms with Gasteiger partial charge in [-0.05, 0) is 31.4 Å². The van der Waals surface area contributed by atoms with Crippen LogP contribution in [0.4, 0.5) is 5.69 Å². The van der Waals surface area contributed by atoms with Crippen LogP contribution in [0.25, 0.3) is 0 Å². The highest BCUT2D eigenvalue weighted by atomic mass is 32.2. The summed E-state index contributed by atoms with van der Waals surface area (Å²) in [5, 5.41) is 11.2. The third-order valence-electron chi connectivity index (χ3n) is 3.50. The first-order valence-electron chi connectivity index (χ1n) is 6.62. The highest BCUT2D eigenvalue weighted by molar-refractivity contribution is 7.93. The average Bonchev–Trinajstić information content (AvgIpc) is 2.49. The van der Waals surface area contributed by atoms with Crippen molar-refractivity contribution in [1.82, 2.24) is 0 Å². The van der Waals surface area contributed by atoms with Crippen molar-refractivity contribution in [3.63, 3.8) is 0 Å². The molecule has 1 saturated heterocycles. The summed E-state index contributed by atoms with van der Waals surface area (Å²) in [4.78, 5) is 0. The Morgan fingerprint density at radius 3 is 2.71 bits per heavy atom. The molecule has 4 N–H and O–H groups in total. The summed E-state index contributed by atoms with van der Waals surface area (Å²) >= 11 is 0. The van der Waals surface area contributed by atoms with E-state index in [0.717, 1.165) is 5.56 Å². The van der Waals surface area contributed by atoms with Crippen molar-refractivity contribution in [3.05, 3.63) is 29.3 Å². The second-order valence-electron chi connectivity index (χ2n) is 4.97. The normalized spacial score (nSPS) is 17.7. The van der Waals surface area contributed by atoms with Crippen molar-refractivity contribution in [2.75, 3.05) is 17.9 Å². The molecule has 21 heavy (non-hydrogen) atoms. The van der Waals surface area contributed by atoms with Crippen LogP contribution in [0.3, 0.4) is 0 Å². The van der Waals surface area contributed by atoms with Gasteiger partial charge in [-0.25, -0.2) is 8.42 Å². The molecule has 1 aromatic carbocycles. The molecule has 0 aliphatic carbocycles. The maximum atomic E-state index is 12.4. The Hall–Kier alpha value is -1.80. The fourth-order valence-electron chi connectivity index (χ4n) is 2.17. The van der Waals surface area contributed by atoms with E-state index in [1.165, 1.54) is 0 Å². The van der Waals surface area contributed by atoms with Gasteiger partial charge in [-0.2, -0.15) is 0 Å². The van der Waals surface area contributed by atoms with Gasteiger partial charge in [0.2, 0.25) is 10.0 Å². The van der Waals surface area contributed by atoms with E-state index in [0.29, 0.717) is 37.3 Å². The summed E-state index contributed by atoms with van der Waals surface area (Å²) in [6.07, 6.45) is 0.961. The third-order valence-corrected chi connectivity index (χ3v) is 5.35. The van der Waals surface area contributed by atoms with Crippen LogP contribution in [-0.2, 0) is 14.8 Å². The van der Waals surface area contributed by atoms with Crippen LogP contribution in [0.15, 0.2) is 23.4 Å². The fourth-order valence-corrected chi connectivity index (χ4v) is 3.68. The van der Waals surface area contributed by atoms with E-state index >= 15 is 0 Å². The molecular formula is C13H19N3O4S. The quantitative estimate of drug-likeness (QED) is 0.332. The molecular weight excluding hydrogens is 294 g/mol. The van der Waals surface area contributed by atoms with Crippen LogP contribution in [0.2, 0.25) is 0 Å². The van der Waals surface area contributed by atoms with Gasteiger partial charge in [-0.3, -0.25) is 4.72 Å². The Bertz CT molecular complexity index is 637. The largest absolute Gasteiger partial charge is 0.409 e. The van der Waals surface area contributed by atoms with E-state index in [4.69, 9.17) is 15.7 Å². The Morgan fingerprint density at radius 2 is 2.10 bits per heavy atom. The van der Waals surface area contributed by atoms with Crippen molar-refractivity contribution in [1.29, 1.82) is 0 Å². The molecule has 2 rings (SSSR count). The lowest BCUT2D eigenvalue weighted by Crippen LogP contribution is -2.33. The van der Waals surface area contributed by atoms with Crippen LogP contribution in [0.5, 0.6) is 0 Å². The maximum Gasteiger partial charge on any atom is 0.235 e. The first-order chi connectivity index (χ1) is 9.94. The van der Waals surface area contributed by atoms with Gasteiger partial charge in [-0.1, -0.05) is 17.3 Å². The molecule has 0 amide bonds. The predicted molar refractivity (Wildman–Crippen MR) is 80.1 cm³/mol. The second-order valence-corrected chi connectivity index (χ2v) is 6.93. The number of nitrogens with two attached hydrogens (primary N) is 1. The summed E-state index contributed by atoms with van der Waals surface area (Å²) in [5.41, 5.74) is 7.18. The Labute approximate surface area is 123 Å². The number of ether oxygens (including phenoxy) is 1. The molecule has 0 spiro atoms.